The first-order chi connectivity index (χ1) is 11.1. The molecule has 5 nitrogen and oxygen atoms in total. The third kappa shape index (κ3) is 5.40. The van der Waals surface area contributed by atoms with Gasteiger partial charge in [-0.05, 0) is 42.8 Å². The van der Waals surface area contributed by atoms with E-state index in [0.717, 1.165) is 11.8 Å². The van der Waals surface area contributed by atoms with Crippen LogP contribution in [0.3, 0.4) is 0 Å². The average Bonchev–Trinajstić information content (AvgIpc) is 2.44. The third-order valence-corrected chi connectivity index (χ3v) is 4.21. The molecule has 0 aliphatic heterocycles. The molecule has 0 saturated heterocycles. The highest BCUT2D eigenvalue weighted by Crippen LogP contribution is 2.21. The molecule has 0 bridgehead atoms. The van der Waals surface area contributed by atoms with E-state index in [1.807, 2.05) is 0 Å². The van der Waals surface area contributed by atoms with Gasteiger partial charge in [0.15, 0.2) is 0 Å². The zero-order chi connectivity index (χ0) is 17.9. The van der Waals surface area contributed by atoms with Crippen molar-refractivity contribution in [1.82, 2.24) is 5.32 Å². The summed E-state index contributed by atoms with van der Waals surface area (Å²) in [6.07, 6.45) is 1.08. The number of nitrogens with one attached hydrogen (secondary N) is 2. The molecule has 0 aromatic heterocycles. The number of carbonyl (C=O) groups is 1. The van der Waals surface area contributed by atoms with Gasteiger partial charge < -0.3 is 5.32 Å². The molecule has 0 spiro atoms. The van der Waals surface area contributed by atoms with Gasteiger partial charge in [-0.3, -0.25) is 9.52 Å². The quantitative estimate of drug-likeness (QED) is 0.818. The van der Waals surface area contributed by atoms with Crippen LogP contribution in [-0.2, 0) is 10.0 Å². The second-order valence-corrected chi connectivity index (χ2v) is 7.97. The number of halogens is 2. The molecule has 8 heteroatoms. The van der Waals surface area contributed by atoms with Gasteiger partial charge >= 0.3 is 0 Å². The molecule has 0 fully saturated rings. The number of sulfonamides is 1. The Hall–Kier alpha value is -1.76. The van der Waals surface area contributed by atoms with Gasteiger partial charge in [0.05, 0.1) is 12.3 Å². The van der Waals surface area contributed by atoms with E-state index in [0.29, 0.717) is 21.3 Å². The lowest BCUT2D eigenvalue weighted by Gasteiger charge is -2.16. The van der Waals surface area contributed by atoms with E-state index in [4.69, 9.17) is 23.2 Å². The number of anilines is 1. The molecule has 2 N–H and O–H groups in total. The highest BCUT2D eigenvalue weighted by molar-refractivity contribution is 7.92. The van der Waals surface area contributed by atoms with Crippen molar-refractivity contribution >= 4 is 44.8 Å². The van der Waals surface area contributed by atoms with Crippen molar-refractivity contribution in [2.75, 3.05) is 11.0 Å². The Morgan fingerprint density at radius 3 is 2.29 bits per heavy atom. The molecule has 24 heavy (non-hydrogen) atoms. The molecule has 0 saturated carbocycles. The number of benzene rings is 2. The van der Waals surface area contributed by atoms with Gasteiger partial charge in [-0.15, -0.1) is 0 Å². The van der Waals surface area contributed by atoms with Crippen LogP contribution in [0.4, 0.5) is 5.69 Å². The van der Waals surface area contributed by atoms with Crippen LogP contribution in [0, 0.1) is 0 Å². The Labute approximate surface area is 151 Å². The second-order valence-electron chi connectivity index (χ2n) is 5.35. The Balaban J connectivity index is 2.15. The van der Waals surface area contributed by atoms with E-state index in [2.05, 4.69) is 10.0 Å². The topological polar surface area (TPSA) is 75.3 Å². The normalized spacial score (nSPS) is 12.5. The summed E-state index contributed by atoms with van der Waals surface area (Å²) in [5.41, 5.74) is 1.54. The lowest BCUT2D eigenvalue weighted by Crippen LogP contribution is -2.26. The Morgan fingerprint density at radius 1 is 1.08 bits per heavy atom. The van der Waals surface area contributed by atoms with Gasteiger partial charge in [0.25, 0.3) is 5.91 Å². The van der Waals surface area contributed by atoms with Crippen LogP contribution in [0.25, 0.3) is 0 Å². The molecule has 2 aromatic carbocycles. The molecule has 2 aromatic rings. The lowest BCUT2D eigenvalue weighted by molar-refractivity contribution is 0.0940. The van der Waals surface area contributed by atoms with Crippen molar-refractivity contribution in [3.63, 3.8) is 0 Å². The maximum Gasteiger partial charge on any atom is 0.251 e. The fourth-order valence-corrected chi connectivity index (χ4v) is 3.21. The van der Waals surface area contributed by atoms with Crippen molar-refractivity contribution < 1.29 is 13.2 Å². The van der Waals surface area contributed by atoms with E-state index in [-0.39, 0.29) is 11.9 Å². The monoisotopic (exact) mass is 386 g/mol. The summed E-state index contributed by atoms with van der Waals surface area (Å²) in [5, 5.41) is 3.57. The number of hydrogen-bond donors (Lipinski definition) is 2. The summed E-state index contributed by atoms with van der Waals surface area (Å²) >= 11 is 11.8. The van der Waals surface area contributed by atoms with Crippen molar-refractivity contribution in [2.45, 2.75) is 13.0 Å². The van der Waals surface area contributed by atoms with Crippen molar-refractivity contribution in [3.8, 4) is 0 Å². The molecule has 128 valence electrons. The maximum absolute atomic E-state index is 12.3. The van der Waals surface area contributed by atoms with Gasteiger partial charge in [0, 0.05) is 21.3 Å². The number of carbonyl (C=O) groups excluding carboxylic acids is 1. The molecular weight excluding hydrogens is 371 g/mol. The van der Waals surface area contributed by atoms with E-state index in [1.54, 1.807) is 37.3 Å². The predicted molar refractivity (Wildman–Crippen MR) is 97.3 cm³/mol. The van der Waals surface area contributed by atoms with Gasteiger partial charge in [-0.1, -0.05) is 35.3 Å². The molecule has 0 radical (unpaired) electrons. The highest BCUT2D eigenvalue weighted by atomic mass is 35.5. The first kappa shape index (κ1) is 18.6. The summed E-state index contributed by atoms with van der Waals surface area (Å²) in [4.78, 5) is 12.3. The zero-order valence-corrected chi connectivity index (χ0v) is 15.3. The number of rotatable bonds is 5. The Morgan fingerprint density at radius 2 is 1.71 bits per heavy atom. The lowest BCUT2D eigenvalue weighted by atomic mass is 10.1. The summed E-state index contributed by atoms with van der Waals surface area (Å²) < 4.78 is 25.0. The van der Waals surface area contributed by atoms with Crippen LogP contribution in [0.15, 0.2) is 42.5 Å². The fourth-order valence-electron chi connectivity index (χ4n) is 2.13. The van der Waals surface area contributed by atoms with Crippen molar-refractivity contribution in [3.05, 3.63) is 63.6 Å². The molecule has 0 aliphatic rings. The minimum absolute atomic E-state index is 0.326. The van der Waals surface area contributed by atoms with Gasteiger partial charge in [0.1, 0.15) is 0 Å². The molecular formula is C16H16Cl2N2O3S. The molecule has 0 aliphatic carbocycles. The van der Waals surface area contributed by atoms with Gasteiger partial charge in [-0.2, -0.15) is 0 Å². The molecule has 0 heterocycles. The van der Waals surface area contributed by atoms with Crippen LogP contribution >= 0.6 is 23.2 Å². The minimum atomic E-state index is -3.36. The van der Waals surface area contributed by atoms with Gasteiger partial charge in [-0.25, -0.2) is 8.42 Å². The average molecular weight is 387 g/mol. The minimum Gasteiger partial charge on any atom is -0.346 e. The van der Waals surface area contributed by atoms with Crippen molar-refractivity contribution in [2.24, 2.45) is 0 Å². The molecule has 1 atom stereocenters. The van der Waals surface area contributed by atoms with E-state index in [9.17, 15) is 13.2 Å². The first-order valence-corrected chi connectivity index (χ1v) is 9.63. The number of hydrogen-bond acceptors (Lipinski definition) is 3. The summed E-state index contributed by atoms with van der Waals surface area (Å²) in [7, 11) is -3.36. The fraction of sp³-hybridized carbons (Fsp3) is 0.188. The van der Waals surface area contributed by atoms with Crippen LogP contribution in [-0.4, -0.2) is 20.6 Å². The van der Waals surface area contributed by atoms with Gasteiger partial charge in [0.2, 0.25) is 10.0 Å². The van der Waals surface area contributed by atoms with Crippen LogP contribution in [0.1, 0.15) is 28.9 Å². The first-order valence-electron chi connectivity index (χ1n) is 6.99. The number of amides is 1. The maximum atomic E-state index is 12.3. The van der Waals surface area contributed by atoms with Crippen LogP contribution < -0.4 is 10.0 Å². The zero-order valence-electron chi connectivity index (χ0n) is 13.0. The van der Waals surface area contributed by atoms with Crippen LogP contribution in [0.5, 0.6) is 0 Å². The molecule has 2 rings (SSSR count). The Kier molecular flexibility index (Phi) is 5.74. The molecule has 1 amide bonds. The second kappa shape index (κ2) is 7.42. The van der Waals surface area contributed by atoms with E-state index >= 15 is 0 Å². The standard InChI is InChI=1S/C16H16Cl2N2O3S/c1-10(11-4-3-5-15(8-11)20-24(2,22)23)19-16(21)12-6-13(17)9-14(18)7-12/h3-10,20H,1-2H3,(H,19,21)/t10-/m1/s1. The molecule has 0 unspecified atom stereocenters. The smallest absolute Gasteiger partial charge is 0.251 e. The van der Waals surface area contributed by atoms with Crippen molar-refractivity contribution in [1.29, 1.82) is 0 Å². The predicted octanol–water partition coefficient (Wildman–Crippen LogP) is 3.86. The third-order valence-electron chi connectivity index (χ3n) is 3.16. The summed E-state index contributed by atoms with van der Waals surface area (Å²) in [6.45, 7) is 1.80. The Bertz CT molecular complexity index is 849. The largest absolute Gasteiger partial charge is 0.346 e. The SMILES string of the molecule is C[C@@H](NC(=O)c1cc(Cl)cc(Cl)c1)c1cccc(NS(C)(=O)=O)c1. The highest BCUT2D eigenvalue weighted by Gasteiger charge is 2.13. The summed E-state index contributed by atoms with van der Waals surface area (Å²) in [6, 6.07) is 11.1. The summed E-state index contributed by atoms with van der Waals surface area (Å²) in [5.74, 6) is -0.326. The van der Waals surface area contributed by atoms with E-state index in [1.165, 1.54) is 12.1 Å². The van der Waals surface area contributed by atoms with E-state index < -0.39 is 10.0 Å². The van der Waals surface area contributed by atoms with Crippen LogP contribution in [0.2, 0.25) is 10.0 Å².